The second kappa shape index (κ2) is 8.58. The third-order valence-corrected chi connectivity index (χ3v) is 4.50. The van der Waals surface area contributed by atoms with Crippen molar-refractivity contribution in [2.24, 2.45) is 5.92 Å². The number of likely N-dealkylation sites (tertiary alicyclic amines) is 1. The van der Waals surface area contributed by atoms with E-state index in [-0.39, 0.29) is 6.54 Å². The van der Waals surface area contributed by atoms with Crippen molar-refractivity contribution in [2.45, 2.75) is 25.8 Å². The Morgan fingerprint density at radius 1 is 1.20 bits per heavy atom. The van der Waals surface area contributed by atoms with Gasteiger partial charge in [-0.2, -0.15) is 5.10 Å². The molecule has 6 nitrogen and oxygen atoms in total. The zero-order valence-corrected chi connectivity index (χ0v) is 14.3. The summed E-state index contributed by atoms with van der Waals surface area (Å²) in [5.41, 5.74) is 2.17. The lowest BCUT2D eigenvalue weighted by atomic mass is 9.93. The largest absolute Gasteiger partial charge is 0.480 e. The Morgan fingerprint density at radius 2 is 2.04 bits per heavy atom. The zero-order valence-electron chi connectivity index (χ0n) is 14.3. The number of aromatic nitrogens is 2. The summed E-state index contributed by atoms with van der Waals surface area (Å²) in [5.74, 6) is 0.462. The summed E-state index contributed by atoms with van der Waals surface area (Å²) in [5, 5.41) is 20.8. The van der Waals surface area contributed by atoms with Gasteiger partial charge in [-0.05, 0) is 49.4 Å². The van der Waals surface area contributed by atoms with Gasteiger partial charge in [-0.1, -0.05) is 30.3 Å². The SMILES string of the molecule is O=C(O)CN1CCC[C@H](Cc2ccc(NCc3ccccc3)nn2)C1. The highest BCUT2D eigenvalue weighted by Gasteiger charge is 2.22. The van der Waals surface area contributed by atoms with Crippen LogP contribution in [-0.2, 0) is 17.8 Å². The van der Waals surface area contributed by atoms with E-state index in [1.165, 1.54) is 5.56 Å². The molecular weight excluding hydrogens is 316 g/mol. The molecule has 0 bridgehead atoms. The molecule has 0 spiro atoms. The van der Waals surface area contributed by atoms with Crippen molar-refractivity contribution in [3.8, 4) is 0 Å². The van der Waals surface area contributed by atoms with E-state index in [1.54, 1.807) is 0 Å². The third kappa shape index (κ3) is 5.53. The average Bonchev–Trinajstić information content (AvgIpc) is 2.62. The maximum atomic E-state index is 10.9. The van der Waals surface area contributed by atoms with E-state index in [4.69, 9.17) is 5.11 Å². The summed E-state index contributed by atoms with van der Waals surface area (Å²) >= 11 is 0. The van der Waals surface area contributed by atoms with Crippen LogP contribution in [0.3, 0.4) is 0 Å². The lowest BCUT2D eigenvalue weighted by molar-refractivity contribution is -0.138. The van der Waals surface area contributed by atoms with Crippen LogP contribution in [0.2, 0.25) is 0 Å². The number of carboxylic acid groups (broad SMARTS) is 1. The summed E-state index contributed by atoms with van der Waals surface area (Å²) in [6.07, 6.45) is 3.01. The molecule has 2 aromatic rings. The predicted octanol–water partition coefficient (Wildman–Crippen LogP) is 2.43. The van der Waals surface area contributed by atoms with E-state index in [9.17, 15) is 4.79 Å². The molecule has 1 aliphatic heterocycles. The molecule has 0 saturated carbocycles. The third-order valence-electron chi connectivity index (χ3n) is 4.50. The molecule has 0 radical (unpaired) electrons. The molecule has 0 aliphatic carbocycles. The molecule has 2 heterocycles. The Balaban J connectivity index is 1.49. The molecule has 6 heteroatoms. The number of carboxylic acids is 1. The van der Waals surface area contributed by atoms with Crippen LogP contribution in [0.15, 0.2) is 42.5 Å². The summed E-state index contributed by atoms with van der Waals surface area (Å²) < 4.78 is 0. The van der Waals surface area contributed by atoms with Gasteiger partial charge in [0.15, 0.2) is 0 Å². The van der Waals surface area contributed by atoms with Gasteiger partial charge >= 0.3 is 5.97 Å². The van der Waals surface area contributed by atoms with Gasteiger partial charge in [0.1, 0.15) is 5.82 Å². The van der Waals surface area contributed by atoms with Crippen molar-refractivity contribution in [3.05, 3.63) is 53.7 Å². The van der Waals surface area contributed by atoms with Gasteiger partial charge in [0.25, 0.3) is 0 Å². The van der Waals surface area contributed by atoms with Crippen molar-refractivity contribution >= 4 is 11.8 Å². The quantitative estimate of drug-likeness (QED) is 0.806. The van der Waals surface area contributed by atoms with Gasteiger partial charge in [0.05, 0.1) is 12.2 Å². The van der Waals surface area contributed by atoms with Gasteiger partial charge in [-0.15, -0.1) is 5.10 Å². The van der Waals surface area contributed by atoms with E-state index in [0.29, 0.717) is 5.92 Å². The zero-order chi connectivity index (χ0) is 17.5. The summed E-state index contributed by atoms with van der Waals surface area (Å²) in [7, 11) is 0. The first-order valence-electron chi connectivity index (χ1n) is 8.73. The van der Waals surface area contributed by atoms with E-state index in [2.05, 4.69) is 27.6 Å². The van der Waals surface area contributed by atoms with Crippen molar-refractivity contribution in [1.29, 1.82) is 0 Å². The molecule has 0 amide bonds. The monoisotopic (exact) mass is 340 g/mol. The number of hydrogen-bond acceptors (Lipinski definition) is 5. The van der Waals surface area contributed by atoms with Crippen LogP contribution in [0.1, 0.15) is 24.1 Å². The first kappa shape index (κ1) is 17.4. The number of nitrogens with zero attached hydrogens (tertiary/aromatic N) is 3. The van der Waals surface area contributed by atoms with Crippen molar-refractivity contribution in [1.82, 2.24) is 15.1 Å². The molecular formula is C19H24N4O2. The standard InChI is InChI=1S/C19H24N4O2/c24-19(25)14-23-10-4-7-16(13-23)11-17-8-9-18(22-21-17)20-12-15-5-2-1-3-6-15/h1-3,5-6,8-9,16H,4,7,10-14H2,(H,20,22)(H,24,25)/t16-/m1/s1. The van der Waals surface area contributed by atoms with Crippen molar-refractivity contribution in [2.75, 3.05) is 25.0 Å². The van der Waals surface area contributed by atoms with Crippen LogP contribution >= 0.6 is 0 Å². The van der Waals surface area contributed by atoms with Crippen LogP contribution in [-0.4, -0.2) is 45.8 Å². The Bertz CT molecular complexity index is 676. The molecule has 0 unspecified atom stereocenters. The van der Waals surface area contributed by atoms with Gasteiger partial charge < -0.3 is 10.4 Å². The number of piperidine rings is 1. The Kier molecular flexibility index (Phi) is 5.95. The first-order chi connectivity index (χ1) is 12.2. The lowest BCUT2D eigenvalue weighted by Crippen LogP contribution is -2.39. The van der Waals surface area contributed by atoms with E-state index >= 15 is 0 Å². The predicted molar refractivity (Wildman–Crippen MR) is 96.3 cm³/mol. The minimum atomic E-state index is -0.755. The number of nitrogens with one attached hydrogen (secondary N) is 1. The topological polar surface area (TPSA) is 78.4 Å². The van der Waals surface area contributed by atoms with E-state index in [0.717, 1.165) is 50.4 Å². The first-order valence-corrected chi connectivity index (χ1v) is 8.73. The highest BCUT2D eigenvalue weighted by atomic mass is 16.4. The second-order valence-electron chi connectivity index (χ2n) is 6.59. The minimum Gasteiger partial charge on any atom is -0.480 e. The fourth-order valence-corrected chi connectivity index (χ4v) is 3.30. The van der Waals surface area contributed by atoms with E-state index in [1.807, 2.05) is 35.2 Å². The summed E-state index contributed by atoms with van der Waals surface area (Å²) in [6, 6.07) is 14.1. The fraction of sp³-hybridized carbons (Fsp3) is 0.421. The smallest absolute Gasteiger partial charge is 0.317 e. The van der Waals surface area contributed by atoms with E-state index < -0.39 is 5.97 Å². The minimum absolute atomic E-state index is 0.129. The van der Waals surface area contributed by atoms with Crippen LogP contribution in [0.5, 0.6) is 0 Å². The van der Waals surface area contributed by atoms with Crippen LogP contribution in [0.4, 0.5) is 5.82 Å². The Labute approximate surface area is 147 Å². The van der Waals surface area contributed by atoms with Gasteiger partial charge in [0, 0.05) is 13.1 Å². The van der Waals surface area contributed by atoms with Crippen LogP contribution < -0.4 is 5.32 Å². The molecule has 1 saturated heterocycles. The molecule has 25 heavy (non-hydrogen) atoms. The molecule has 1 fully saturated rings. The highest BCUT2D eigenvalue weighted by Crippen LogP contribution is 2.20. The molecule has 1 atom stereocenters. The number of hydrogen-bond donors (Lipinski definition) is 2. The van der Waals surface area contributed by atoms with Crippen molar-refractivity contribution in [3.63, 3.8) is 0 Å². The van der Waals surface area contributed by atoms with Gasteiger partial charge in [-0.3, -0.25) is 9.69 Å². The molecule has 2 N–H and O–H groups in total. The maximum Gasteiger partial charge on any atom is 0.317 e. The summed E-state index contributed by atoms with van der Waals surface area (Å²) in [6.45, 7) is 2.55. The molecule has 1 aromatic carbocycles. The van der Waals surface area contributed by atoms with Gasteiger partial charge in [0.2, 0.25) is 0 Å². The number of aliphatic carboxylic acids is 1. The van der Waals surface area contributed by atoms with Crippen molar-refractivity contribution < 1.29 is 9.90 Å². The molecule has 132 valence electrons. The number of rotatable bonds is 7. The average molecular weight is 340 g/mol. The van der Waals surface area contributed by atoms with Crippen LogP contribution in [0.25, 0.3) is 0 Å². The molecule has 3 rings (SSSR count). The summed E-state index contributed by atoms with van der Waals surface area (Å²) in [4.78, 5) is 12.9. The normalized spacial score (nSPS) is 18.0. The van der Waals surface area contributed by atoms with Gasteiger partial charge in [-0.25, -0.2) is 0 Å². The number of benzene rings is 1. The maximum absolute atomic E-state index is 10.9. The Hall–Kier alpha value is -2.47. The number of carbonyl (C=O) groups is 1. The molecule has 1 aromatic heterocycles. The number of anilines is 1. The highest BCUT2D eigenvalue weighted by molar-refractivity contribution is 5.69. The van der Waals surface area contributed by atoms with Crippen LogP contribution in [0, 0.1) is 5.92 Å². The molecule has 1 aliphatic rings. The second-order valence-corrected chi connectivity index (χ2v) is 6.59. The fourth-order valence-electron chi connectivity index (χ4n) is 3.30. The Morgan fingerprint density at radius 3 is 2.76 bits per heavy atom. The lowest BCUT2D eigenvalue weighted by Gasteiger charge is -2.31.